The molecular formula is C23H28FN7O4. The number of benzene rings is 1. The second-order valence-corrected chi connectivity index (χ2v) is 8.40. The highest BCUT2D eigenvalue weighted by Crippen LogP contribution is 2.25. The number of hydrogen-bond donors (Lipinski definition) is 2. The van der Waals surface area contributed by atoms with Gasteiger partial charge in [-0.25, -0.2) is 14.4 Å². The summed E-state index contributed by atoms with van der Waals surface area (Å²) in [6.45, 7) is 2.82. The average molecular weight is 486 g/mol. The second-order valence-electron chi connectivity index (χ2n) is 8.40. The molecule has 186 valence electrons. The fraction of sp³-hybridized carbons (Fsp3) is 0.435. The quantitative estimate of drug-likeness (QED) is 0.316. The van der Waals surface area contributed by atoms with Crippen molar-refractivity contribution in [2.24, 2.45) is 5.73 Å². The van der Waals surface area contributed by atoms with Gasteiger partial charge in [-0.2, -0.15) is 0 Å². The SMILES string of the molecule is COC1CN(c2nccc(C(=O)N3CCN(c4cccc(COC(=O)CC(=N)N)c4F)CC3)n2)C1. The van der Waals surface area contributed by atoms with Gasteiger partial charge in [0, 0.05) is 58.1 Å². The summed E-state index contributed by atoms with van der Waals surface area (Å²) >= 11 is 0. The number of nitrogens with two attached hydrogens (primary N) is 1. The van der Waals surface area contributed by atoms with Crippen LogP contribution in [0.4, 0.5) is 16.0 Å². The largest absolute Gasteiger partial charge is 0.460 e. The van der Waals surface area contributed by atoms with E-state index in [-0.39, 0.29) is 36.4 Å². The lowest BCUT2D eigenvalue weighted by Gasteiger charge is -2.38. The number of methoxy groups -OCH3 is 1. The number of halogens is 1. The van der Waals surface area contributed by atoms with Gasteiger partial charge in [0.05, 0.1) is 11.8 Å². The lowest BCUT2D eigenvalue weighted by molar-refractivity contribution is -0.143. The lowest BCUT2D eigenvalue weighted by atomic mass is 10.1. The molecular weight excluding hydrogens is 457 g/mol. The summed E-state index contributed by atoms with van der Waals surface area (Å²) in [5.41, 5.74) is 6.12. The summed E-state index contributed by atoms with van der Waals surface area (Å²) in [4.78, 5) is 38.8. The van der Waals surface area contributed by atoms with Gasteiger partial charge in [-0.1, -0.05) is 12.1 Å². The van der Waals surface area contributed by atoms with E-state index in [1.807, 2.05) is 9.80 Å². The molecule has 35 heavy (non-hydrogen) atoms. The zero-order chi connectivity index (χ0) is 24.9. The van der Waals surface area contributed by atoms with E-state index < -0.39 is 11.8 Å². The molecule has 12 heteroatoms. The monoisotopic (exact) mass is 485 g/mol. The summed E-state index contributed by atoms with van der Waals surface area (Å²) in [6, 6.07) is 6.49. The van der Waals surface area contributed by atoms with Crippen LogP contribution in [0, 0.1) is 11.2 Å². The fourth-order valence-electron chi connectivity index (χ4n) is 3.97. The number of piperazine rings is 1. The van der Waals surface area contributed by atoms with E-state index in [2.05, 4.69) is 9.97 Å². The predicted molar refractivity (Wildman–Crippen MR) is 126 cm³/mol. The molecule has 11 nitrogen and oxygen atoms in total. The Morgan fingerprint density at radius 2 is 1.91 bits per heavy atom. The highest BCUT2D eigenvalue weighted by atomic mass is 19.1. The molecule has 0 saturated carbocycles. The first-order chi connectivity index (χ1) is 16.9. The van der Waals surface area contributed by atoms with Gasteiger partial charge in [-0.05, 0) is 12.1 Å². The number of carbonyl (C=O) groups is 2. The molecule has 2 fully saturated rings. The number of ether oxygens (including phenoxy) is 2. The van der Waals surface area contributed by atoms with Gasteiger partial charge >= 0.3 is 5.97 Å². The number of nitrogens with one attached hydrogen (secondary N) is 1. The van der Waals surface area contributed by atoms with E-state index in [1.165, 1.54) is 0 Å². The summed E-state index contributed by atoms with van der Waals surface area (Å²) in [5.74, 6) is -1.16. The number of nitrogens with zero attached hydrogens (tertiary/aromatic N) is 5. The van der Waals surface area contributed by atoms with Crippen LogP contribution in [-0.4, -0.2) is 85.1 Å². The van der Waals surface area contributed by atoms with Gasteiger partial charge in [0.1, 0.15) is 24.6 Å². The van der Waals surface area contributed by atoms with E-state index in [9.17, 15) is 9.59 Å². The van der Waals surface area contributed by atoms with Crippen LogP contribution in [0.25, 0.3) is 0 Å². The van der Waals surface area contributed by atoms with Crippen LogP contribution >= 0.6 is 0 Å². The normalized spacial score (nSPS) is 16.1. The van der Waals surface area contributed by atoms with E-state index in [4.69, 9.17) is 20.6 Å². The minimum atomic E-state index is -0.685. The van der Waals surface area contributed by atoms with Gasteiger partial charge in [-0.3, -0.25) is 15.0 Å². The van der Waals surface area contributed by atoms with Gasteiger partial charge in [-0.15, -0.1) is 0 Å². The van der Waals surface area contributed by atoms with Gasteiger partial charge < -0.3 is 29.9 Å². The maximum atomic E-state index is 15.1. The number of rotatable bonds is 8. The van der Waals surface area contributed by atoms with Crippen molar-refractivity contribution in [1.29, 1.82) is 5.41 Å². The third kappa shape index (κ3) is 5.65. The van der Waals surface area contributed by atoms with Gasteiger partial charge in [0.15, 0.2) is 5.82 Å². The molecule has 3 N–H and O–H groups in total. The minimum absolute atomic E-state index is 0.150. The molecule has 1 aromatic carbocycles. The van der Waals surface area contributed by atoms with Gasteiger partial charge in [0.2, 0.25) is 5.95 Å². The number of esters is 1. The molecule has 4 rings (SSSR count). The molecule has 1 amide bonds. The third-order valence-corrected chi connectivity index (χ3v) is 6.02. The topological polar surface area (TPSA) is 138 Å². The minimum Gasteiger partial charge on any atom is -0.460 e. The predicted octanol–water partition coefficient (Wildman–Crippen LogP) is 0.782. The Labute approximate surface area is 202 Å². The first-order valence-corrected chi connectivity index (χ1v) is 11.3. The molecule has 3 heterocycles. The maximum absolute atomic E-state index is 15.1. The summed E-state index contributed by atoms with van der Waals surface area (Å²) in [6.07, 6.45) is 1.39. The van der Waals surface area contributed by atoms with Gasteiger partial charge in [0.25, 0.3) is 5.91 Å². The van der Waals surface area contributed by atoms with E-state index in [0.29, 0.717) is 56.6 Å². The first kappa shape index (κ1) is 24.3. The Morgan fingerprint density at radius 3 is 2.60 bits per heavy atom. The van der Waals surface area contributed by atoms with Crippen LogP contribution in [0.1, 0.15) is 22.5 Å². The molecule has 0 spiro atoms. The average Bonchev–Trinajstić information content (AvgIpc) is 2.82. The summed E-state index contributed by atoms with van der Waals surface area (Å²) < 4.78 is 25.4. The van der Waals surface area contributed by atoms with E-state index in [0.717, 1.165) is 0 Å². The molecule has 2 aromatic rings. The molecule has 0 bridgehead atoms. The molecule has 2 aliphatic heterocycles. The van der Waals surface area contributed by atoms with Crippen LogP contribution in [-0.2, 0) is 20.9 Å². The number of carbonyl (C=O) groups excluding carboxylic acids is 2. The first-order valence-electron chi connectivity index (χ1n) is 11.3. The molecule has 0 radical (unpaired) electrons. The highest BCUT2D eigenvalue weighted by molar-refractivity contribution is 5.94. The standard InChI is InChI=1S/C23H28FN7O4/c1-34-16-12-31(13-16)23-27-6-5-17(28-23)22(33)30-9-7-29(8-10-30)18-4-2-3-15(21(18)24)14-35-20(32)11-19(25)26/h2-6,16H,7-14H2,1H3,(H3,25,26). The number of anilines is 2. The molecule has 2 saturated heterocycles. The zero-order valence-corrected chi connectivity index (χ0v) is 19.4. The third-order valence-electron chi connectivity index (χ3n) is 6.02. The van der Waals surface area contributed by atoms with Crippen LogP contribution < -0.4 is 15.5 Å². The number of amides is 1. The summed E-state index contributed by atoms with van der Waals surface area (Å²) in [7, 11) is 1.66. The molecule has 1 aromatic heterocycles. The van der Waals surface area contributed by atoms with E-state index >= 15 is 4.39 Å². The molecule has 0 aliphatic carbocycles. The fourth-order valence-corrected chi connectivity index (χ4v) is 3.97. The van der Waals surface area contributed by atoms with Crippen molar-refractivity contribution < 1.29 is 23.5 Å². The van der Waals surface area contributed by atoms with Crippen molar-refractivity contribution in [3.8, 4) is 0 Å². The zero-order valence-electron chi connectivity index (χ0n) is 19.4. The molecule has 0 atom stereocenters. The van der Waals surface area contributed by atoms with Crippen molar-refractivity contribution in [1.82, 2.24) is 14.9 Å². The smallest absolute Gasteiger partial charge is 0.313 e. The molecule has 2 aliphatic rings. The Bertz CT molecular complexity index is 1100. The van der Waals surface area contributed by atoms with E-state index in [1.54, 1.807) is 42.5 Å². The maximum Gasteiger partial charge on any atom is 0.313 e. The molecule has 0 unspecified atom stereocenters. The van der Waals surface area contributed by atoms with Crippen LogP contribution in [0.5, 0.6) is 0 Å². The lowest BCUT2D eigenvalue weighted by Crippen LogP contribution is -2.53. The number of amidine groups is 1. The number of hydrogen-bond acceptors (Lipinski definition) is 9. The Balaban J connectivity index is 1.35. The van der Waals surface area contributed by atoms with Crippen LogP contribution in [0.2, 0.25) is 0 Å². The Morgan fingerprint density at radius 1 is 1.17 bits per heavy atom. The van der Waals surface area contributed by atoms with Crippen molar-refractivity contribution in [2.45, 2.75) is 19.1 Å². The van der Waals surface area contributed by atoms with Crippen molar-refractivity contribution in [2.75, 3.05) is 56.2 Å². The van der Waals surface area contributed by atoms with Crippen molar-refractivity contribution in [3.63, 3.8) is 0 Å². The van der Waals surface area contributed by atoms with Crippen LogP contribution in [0.3, 0.4) is 0 Å². The second kappa shape index (κ2) is 10.6. The van der Waals surface area contributed by atoms with Crippen LogP contribution in [0.15, 0.2) is 30.5 Å². The number of aromatic nitrogens is 2. The summed E-state index contributed by atoms with van der Waals surface area (Å²) in [5, 5.41) is 7.13. The Kier molecular flexibility index (Phi) is 7.39. The highest BCUT2D eigenvalue weighted by Gasteiger charge is 2.30. The van der Waals surface area contributed by atoms with Crippen molar-refractivity contribution >= 4 is 29.3 Å². The Hall–Kier alpha value is -3.80. The van der Waals surface area contributed by atoms with Crippen molar-refractivity contribution in [3.05, 3.63) is 47.5 Å².